The van der Waals surface area contributed by atoms with Crippen molar-refractivity contribution in [2.75, 3.05) is 13.2 Å². The van der Waals surface area contributed by atoms with Gasteiger partial charge in [-0.15, -0.1) is 0 Å². The second kappa shape index (κ2) is 7.99. The molecule has 0 bridgehead atoms. The van der Waals surface area contributed by atoms with E-state index in [9.17, 15) is 0 Å². The number of halogens is 1. The minimum atomic E-state index is -0.0946. The molecule has 1 fully saturated rings. The number of nitrogens with two attached hydrogens (primary N) is 1. The van der Waals surface area contributed by atoms with Gasteiger partial charge in [-0.05, 0) is 43.4 Å². The van der Waals surface area contributed by atoms with E-state index in [1.807, 2.05) is 24.3 Å². The van der Waals surface area contributed by atoms with Crippen LogP contribution in [-0.2, 0) is 9.47 Å². The summed E-state index contributed by atoms with van der Waals surface area (Å²) in [4.78, 5) is 0. The Hall–Kier alpha value is -0.610. The van der Waals surface area contributed by atoms with Gasteiger partial charge in [-0.25, -0.2) is 0 Å². The molecule has 3 atom stereocenters. The molecule has 1 saturated heterocycles. The van der Waals surface area contributed by atoms with E-state index in [2.05, 4.69) is 6.92 Å². The van der Waals surface area contributed by atoms with Crippen LogP contribution in [0.2, 0.25) is 5.02 Å². The Morgan fingerprint density at radius 1 is 1.35 bits per heavy atom. The van der Waals surface area contributed by atoms with Crippen LogP contribution >= 0.6 is 11.6 Å². The van der Waals surface area contributed by atoms with Gasteiger partial charge >= 0.3 is 0 Å². The van der Waals surface area contributed by atoms with Crippen LogP contribution in [-0.4, -0.2) is 25.4 Å². The van der Waals surface area contributed by atoms with Crippen molar-refractivity contribution < 1.29 is 9.47 Å². The van der Waals surface area contributed by atoms with Gasteiger partial charge in [0.1, 0.15) is 0 Å². The smallest absolute Gasteiger partial charge is 0.0976 e. The molecular weight excluding hydrogens is 274 g/mol. The van der Waals surface area contributed by atoms with Gasteiger partial charge in [0.2, 0.25) is 0 Å². The Balaban J connectivity index is 1.97. The van der Waals surface area contributed by atoms with Crippen LogP contribution in [0.5, 0.6) is 0 Å². The topological polar surface area (TPSA) is 44.5 Å². The average molecular weight is 298 g/mol. The summed E-state index contributed by atoms with van der Waals surface area (Å²) in [7, 11) is 0. The van der Waals surface area contributed by atoms with Gasteiger partial charge in [0.25, 0.3) is 0 Å². The van der Waals surface area contributed by atoms with E-state index in [4.69, 9.17) is 26.8 Å². The molecule has 1 aliphatic heterocycles. The molecule has 1 aromatic carbocycles. The summed E-state index contributed by atoms with van der Waals surface area (Å²) in [6.45, 7) is 3.54. The molecule has 0 spiro atoms. The zero-order valence-electron chi connectivity index (χ0n) is 12.1. The molecule has 1 aromatic rings. The van der Waals surface area contributed by atoms with Crippen LogP contribution in [0.1, 0.15) is 44.3 Å². The molecule has 20 heavy (non-hydrogen) atoms. The van der Waals surface area contributed by atoms with Crippen LogP contribution in [0.25, 0.3) is 0 Å². The first-order valence-corrected chi connectivity index (χ1v) is 7.82. The molecule has 112 valence electrons. The molecule has 2 N–H and O–H groups in total. The number of benzene rings is 1. The first-order chi connectivity index (χ1) is 9.70. The van der Waals surface area contributed by atoms with Crippen LogP contribution in [0.4, 0.5) is 0 Å². The van der Waals surface area contributed by atoms with E-state index in [-0.39, 0.29) is 18.2 Å². The van der Waals surface area contributed by atoms with E-state index < -0.39 is 0 Å². The molecule has 3 nitrogen and oxygen atoms in total. The van der Waals surface area contributed by atoms with Gasteiger partial charge in [-0.2, -0.15) is 0 Å². The van der Waals surface area contributed by atoms with E-state index in [0.29, 0.717) is 6.61 Å². The molecule has 1 aliphatic rings. The summed E-state index contributed by atoms with van der Waals surface area (Å²) < 4.78 is 11.8. The molecule has 0 amide bonds. The molecule has 0 aliphatic carbocycles. The quantitative estimate of drug-likeness (QED) is 0.870. The van der Waals surface area contributed by atoms with Gasteiger partial charge < -0.3 is 15.2 Å². The minimum Gasteiger partial charge on any atom is -0.376 e. The highest BCUT2D eigenvalue weighted by Gasteiger charge is 2.22. The Morgan fingerprint density at radius 2 is 2.10 bits per heavy atom. The van der Waals surface area contributed by atoms with Crippen LogP contribution in [0.15, 0.2) is 24.3 Å². The minimum absolute atomic E-state index is 0.0141. The third-order valence-corrected chi connectivity index (χ3v) is 4.05. The molecule has 0 saturated carbocycles. The molecule has 0 aromatic heterocycles. The lowest BCUT2D eigenvalue weighted by atomic mass is 10.0. The van der Waals surface area contributed by atoms with Crippen LogP contribution < -0.4 is 5.73 Å². The molecular formula is C16H24ClNO2. The molecule has 0 radical (unpaired) electrons. The second-order valence-electron chi connectivity index (χ2n) is 5.37. The van der Waals surface area contributed by atoms with Crippen molar-refractivity contribution in [2.24, 2.45) is 5.73 Å². The van der Waals surface area contributed by atoms with Crippen molar-refractivity contribution in [1.82, 2.24) is 0 Å². The monoisotopic (exact) mass is 297 g/mol. The fourth-order valence-electron chi connectivity index (χ4n) is 2.48. The zero-order valence-corrected chi connectivity index (χ0v) is 12.8. The van der Waals surface area contributed by atoms with Crippen molar-refractivity contribution >= 4 is 11.6 Å². The van der Waals surface area contributed by atoms with Crippen molar-refractivity contribution in [3.8, 4) is 0 Å². The largest absolute Gasteiger partial charge is 0.376 e. The van der Waals surface area contributed by atoms with Crippen LogP contribution in [0, 0.1) is 0 Å². The summed E-state index contributed by atoms with van der Waals surface area (Å²) in [6, 6.07) is 7.73. The van der Waals surface area contributed by atoms with E-state index >= 15 is 0 Å². The lowest BCUT2D eigenvalue weighted by Crippen LogP contribution is -2.33. The zero-order chi connectivity index (χ0) is 14.4. The summed E-state index contributed by atoms with van der Waals surface area (Å²) in [5.41, 5.74) is 7.29. The van der Waals surface area contributed by atoms with Crippen molar-refractivity contribution in [1.29, 1.82) is 0 Å². The number of rotatable bonds is 6. The number of hydrogen-bond donors (Lipinski definition) is 1. The van der Waals surface area contributed by atoms with E-state index in [0.717, 1.165) is 36.5 Å². The van der Waals surface area contributed by atoms with E-state index in [1.54, 1.807) is 0 Å². The maximum Gasteiger partial charge on any atom is 0.0976 e. The maximum absolute atomic E-state index is 6.20. The van der Waals surface area contributed by atoms with Gasteiger partial charge in [-0.3, -0.25) is 0 Å². The lowest BCUT2D eigenvalue weighted by Gasteiger charge is -2.28. The van der Waals surface area contributed by atoms with Gasteiger partial charge in [0, 0.05) is 17.7 Å². The standard InChI is InChI=1S/C16H24ClNO2/c1-2-15(18)16(12-6-8-13(17)9-7-12)20-11-14-5-3-4-10-19-14/h6-9,14-16H,2-5,10-11,18H2,1H3. The molecule has 1 heterocycles. The predicted octanol–water partition coefficient (Wildman–Crippen LogP) is 3.70. The summed E-state index contributed by atoms with van der Waals surface area (Å²) >= 11 is 5.94. The average Bonchev–Trinajstić information content (AvgIpc) is 2.50. The Morgan fingerprint density at radius 3 is 2.70 bits per heavy atom. The predicted molar refractivity (Wildman–Crippen MR) is 82.0 cm³/mol. The van der Waals surface area contributed by atoms with Gasteiger partial charge in [0.05, 0.1) is 18.8 Å². The first-order valence-electron chi connectivity index (χ1n) is 7.45. The summed E-state index contributed by atoms with van der Waals surface area (Å²) in [5, 5.41) is 0.730. The number of hydrogen-bond acceptors (Lipinski definition) is 3. The molecule has 4 heteroatoms. The SMILES string of the molecule is CCC(N)C(OCC1CCCCO1)c1ccc(Cl)cc1. The summed E-state index contributed by atoms with van der Waals surface area (Å²) in [6.07, 6.45) is 4.45. The van der Waals surface area contributed by atoms with Crippen molar-refractivity contribution in [2.45, 2.75) is 50.9 Å². The van der Waals surface area contributed by atoms with Crippen molar-refractivity contribution in [3.05, 3.63) is 34.9 Å². The maximum atomic E-state index is 6.20. The molecule has 2 rings (SSSR count). The Bertz CT molecular complexity index is 390. The van der Waals surface area contributed by atoms with Gasteiger partial charge in [0.15, 0.2) is 0 Å². The Kier molecular flexibility index (Phi) is 6.30. The van der Waals surface area contributed by atoms with E-state index in [1.165, 1.54) is 6.42 Å². The fraction of sp³-hybridized carbons (Fsp3) is 0.625. The third-order valence-electron chi connectivity index (χ3n) is 3.79. The lowest BCUT2D eigenvalue weighted by molar-refractivity contribution is -0.0695. The fourth-order valence-corrected chi connectivity index (χ4v) is 2.61. The Labute approximate surface area is 126 Å². The molecule has 3 unspecified atom stereocenters. The normalized spacial score (nSPS) is 22.4. The highest BCUT2D eigenvalue weighted by Crippen LogP contribution is 2.25. The first kappa shape index (κ1) is 15.8. The summed E-state index contributed by atoms with van der Waals surface area (Å²) in [5.74, 6) is 0. The number of ether oxygens (including phenoxy) is 2. The van der Waals surface area contributed by atoms with Crippen molar-refractivity contribution in [3.63, 3.8) is 0 Å². The highest BCUT2D eigenvalue weighted by molar-refractivity contribution is 6.30. The van der Waals surface area contributed by atoms with Crippen LogP contribution in [0.3, 0.4) is 0 Å². The van der Waals surface area contributed by atoms with Gasteiger partial charge in [-0.1, -0.05) is 30.7 Å². The second-order valence-corrected chi connectivity index (χ2v) is 5.80. The highest BCUT2D eigenvalue weighted by atomic mass is 35.5. The third kappa shape index (κ3) is 4.45.